The molecule has 0 spiro atoms. The molecule has 158 valence electrons. The van der Waals surface area contributed by atoms with Crippen LogP contribution < -0.4 is 4.74 Å². The van der Waals surface area contributed by atoms with Gasteiger partial charge in [-0.2, -0.15) is 8.78 Å². The first-order valence-electron chi connectivity index (χ1n) is 7.76. The Morgan fingerprint density at radius 3 is 1.50 bits per heavy atom. The highest BCUT2D eigenvalue weighted by Crippen LogP contribution is 2.38. The van der Waals surface area contributed by atoms with Crippen LogP contribution in [0, 0.1) is 46.5 Å². The van der Waals surface area contributed by atoms with Gasteiger partial charge in [0, 0.05) is 24.3 Å². The fourth-order valence-electron chi connectivity index (χ4n) is 2.60. The summed E-state index contributed by atoms with van der Waals surface area (Å²) in [6.45, 7) is 0. The zero-order valence-electron chi connectivity index (χ0n) is 14.2. The molecule has 0 heterocycles. The lowest BCUT2D eigenvalue weighted by Gasteiger charge is -2.20. The van der Waals surface area contributed by atoms with E-state index in [0.717, 1.165) is 0 Å². The van der Waals surface area contributed by atoms with Crippen LogP contribution in [0.15, 0.2) is 36.4 Å². The lowest BCUT2D eigenvalue weighted by molar-refractivity contribution is -0.189. The molecule has 1 nitrogen and oxygen atoms in total. The molecule has 0 saturated heterocycles. The highest BCUT2D eigenvalue weighted by molar-refractivity contribution is 5.66. The van der Waals surface area contributed by atoms with Crippen molar-refractivity contribution in [3.63, 3.8) is 0 Å². The van der Waals surface area contributed by atoms with Crippen LogP contribution in [0.2, 0.25) is 0 Å². The number of ether oxygens (including phenoxy) is 1. The van der Waals surface area contributed by atoms with Gasteiger partial charge in [0.05, 0.1) is 5.56 Å². The molecule has 0 amide bonds. The molecule has 0 aliphatic carbocycles. The highest BCUT2D eigenvalue weighted by atomic mass is 19.3. The molecule has 0 bridgehead atoms. The van der Waals surface area contributed by atoms with Gasteiger partial charge in [-0.05, 0) is 17.7 Å². The smallest absolute Gasteiger partial charge is 0.429 e. The average molecular weight is 440 g/mol. The summed E-state index contributed by atoms with van der Waals surface area (Å²) in [4.78, 5) is 0. The Morgan fingerprint density at radius 1 is 0.567 bits per heavy atom. The zero-order valence-corrected chi connectivity index (χ0v) is 14.2. The number of hydrogen-bond donors (Lipinski definition) is 0. The predicted molar refractivity (Wildman–Crippen MR) is 82.5 cm³/mol. The molecule has 11 heteroatoms. The molecular formula is C19H6F10O. The van der Waals surface area contributed by atoms with Crippen molar-refractivity contribution in [1.29, 1.82) is 0 Å². The Kier molecular flexibility index (Phi) is 5.40. The van der Waals surface area contributed by atoms with Crippen LogP contribution in [-0.4, -0.2) is 0 Å². The molecule has 0 saturated carbocycles. The van der Waals surface area contributed by atoms with Crippen molar-refractivity contribution in [2.45, 2.75) is 6.11 Å². The topological polar surface area (TPSA) is 9.23 Å². The maximum Gasteiger partial charge on any atom is 0.432 e. The summed E-state index contributed by atoms with van der Waals surface area (Å²) in [5, 5.41) is 0. The van der Waals surface area contributed by atoms with Gasteiger partial charge in [-0.1, -0.05) is 0 Å². The van der Waals surface area contributed by atoms with Gasteiger partial charge in [0.25, 0.3) is 0 Å². The second kappa shape index (κ2) is 7.54. The molecule has 0 radical (unpaired) electrons. The summed E-state index contributed by atoms with van der Waals surface area (Å²) in [6, 6.07) is 0.696. The van der Waals surface area contributed by atoms with E-state index < -0.39 is 75.1 Å². The molecule has 0 aromatic heterocycles. The SMILES string of the molecule is Fc1cc(F)c(C(F)(F)Oc2cc(F)c(-c3cc(F)c(F)c(F)c3)c(F)c2)c(F)c1. The standard InChI is InChI=1S/C19H6F10O/c20-8-3-12(23)17(13(24)4-8)19(28,29)30-9-5-10(21)16(11(22)6-9)7-1-14(25)18(27)15(26)2-7/h1-6H. The molecule has 0 N–H and O–H groups in total. The minimum atomic E-state index is -4.82. The van der Waals surface area contributed by atoms with Gasteiger partial charge in [-0.3, -0.25) is 0 Å². The third-order valence-corrected chi connectivity index (χ3v) is 3.83. The molecule has 3 aromatic carbocycles. The van der Waals surface area contributed by atoms with Gasteiger partial charge in [-0.15, -0.1) is 0 Å². The highest BCUT2D eigenvalue weighted by Gasteiger charge is 2.41. The van der Waals surface area contributed by atoms with Gasteiger partial charge in [-0.25, -0.2) is 35.1 Å². The fourth-order valence-corrected chi connectivity index (χ4v) is 2.60. The van der Waals surface area contributed by atoms with E-state index in [1.54, 1.807) is 0 Å². The Labute approximate surface area is 161 Å². The maximum atomic E-state index is 14.2. The predicted octanol–water partition coefficient (Wildman–Crippen LogP) is 6.59. The quantitative estimate of drug-likeness (QED) is 0.328. The minimum Gasteiger partial charge on any atom is -0.429 e. The summed E-state index contributed by atoms with van der Waals surface area (Å²) in [7, 11) is 0. The van der Waals surface area contributed by atoms with Crippen molar-refractivity contribution in [3.05, 3.63) is 88.5 Å². The molecule has 0 fully saturated rings. The molecule has 0 atom stereocenters. The van der Waals surface area contributed by atoms with Gasteiger partial charge in [0.1, 0.15) is 40.4 Å². The van der Waals surface area contributed by atoms with E-state index >= 15 is 0 Å². The molecule has 0 unspecified atom stereocenters. The van der Waals surface area contributed by atoms with E-state index in [9.17, 15) is 43.9 Å². The van der Waals surface area contributed by atoms with E-state index in [2.05, 4.69) is 4.74 Å². The van der Waals surface area contributed by atoms with Crippen molar-refractivity contribution in [2.24, 2.45) is 0 Å². The number of hydrogen-bond acceptors (Lipinski definition) is 1. The van der Waals surface area contributed by atoms with Crippen LogP contribution in [-0.2, 0) is 6.11 Å². The van der Waals surface area contributed by atoms with Crippen LogP contribution >= 0.6 is 0 Å². The van der Waals surface area contributed by atoms with Crippen LogP contribution in [0.25, 0.3) is 11.1 Å². The molecule has 30 heavy (non-hydrogen) atoms. The summed E-state index contributed by atoms with van der Waals surface area (Å²) >= 11 is 0. The van der Waals surface area contributed by atoms with Crippen LogP contribution in [0.5, 0.6) is 5.75 Å². The van der Waals surface area contributed by atoms with Crippen LogP contribution in [0.1, 0.15) is 5.56 Å². The van der Waals surface area contributed by atoms with Gasteiger partial charge in [0.15, 0.2) is 17.5 Å². The summed E-state index contributed by atoms with van der Waals surface area (Å²) in [5.74, 6) is -15.6. The maximum absolute atomic E-state index is 14.2. The van der Waals surface area contributed by atoms with Crippen LogP contribution in [0.3, 0.4) is 0 Å². The summed E-state index contributed by atoms with van der Waals surface area (Å²) in [6.07, 6.45) is -4.82. The Hall–Kier alpha value is -3.24. The number of rotatable bonds is 4. The number of alkyl halides is 2. The first kappa shape index (κ1) is 21.5. The van der Waals surface area contributed by atoms with E-state index in [1.807, 2.05) is 0 Å². The third kappa shape index (κ3) is 3.91. The Morgan fingerprint density at radius 2 is 1.03 bits per heavy atom. The fraction of sp³-hybridized carbons (Fsp3) is 0.0526. The first-order valence-corrected chi connectivity index (χ1v) is 7.76. The Balaban J connectivity index is 2.02. The molecular weight excluding hydrogens is 434 g/mol. The van der Waals surface area contributed by atoms with Crippen molar-refractivity contribution < 1.29 is 48.6 Å². The normalized spacial score (nSPS) is 11.7. The summed E-state index contributed by atoms with van der Waals surface area (Å²) in [5.41, 5.74) is -3.92. The van der Waals surface area contributed by atoms with Crippen molar-refractivity contribution in [2.75, 3.05) is 0 Å². The van der Waals surface area contributed by atoms with E-state index in [1.165, 1.54) is 0 Å². The Bertz CT molecular complexity index is 1070. The van der Waals surface area contributed by atoms with Gasteiger partial charge in [0.2, 0.25) is 0 Å². The largest absolute Gasteiger partial charge is 0.432 e. The number of benzene rings is 3. The van der Waals surface area contributed by atoms with Crippen molar-refractivity contribution in [1.82, 2.24) is 0 Å². The second-order valence-electron chi connectivity index (χ2n) is 5.88. The van der Waals surface area contributed by atoms with Crippen molar-refractivity contribution >= 4 is 0 Å². The molecule has 0 aliphatic rings. The van der Waals surface area contributed by atoms with Crippen LogP contribution in [0.4, 0.5) is 43.9 Å². The molecule has 0 aliphatic heterocycles. The van der Waals surface area contributed by atoms with Gasteiger partial charge >= 0.3 is 6.11 Å². The lowest BCUT2D eigenvalue weighted by Crippen LogP contribution is -2.25. The van der Waals surface area contributed by atoms with E-state index in [0.29, 0.717) is 0 Å². The molecule has 3 aromatic rings. The third-order valence-electron chi connectivity index (χ3n) is 3.83. The van der Waals surface area contributed by atoms with Gasteiger partial charge < -0.3 is 4.74 Å². The average Bonchev–Trinajstić information content (AvgIpc) is 2.57. The van der Waals surface area contributed by atoms with E-state index in [4.69, 9.17) is 0 Å². The second-order valence-corrected chi connectivity index (χ2v) is 5.88. The van der Waals surface area contributed by atoms with Crippen molar-refractivity contribution in [3.8, 4) is 16.9 Å². The lowest BCUT2D eigenvalue weighted by atomic mass is 10.0. The first-order chi connectivity index (χ1) is 13.9. The molecule has 3 rings (SSSR count). The summed E-state index contributed by atoms with van der Waals surface area (Å²) < 4.78 is 140. The number of halogens is 10. The minimum absolute atomic E-state index is 0.0580. The van der Waals surface area contributed by atoms with E-state index in [-0.39, 0.29) is 36.4 Å². The monoisotopic (exact) mass is 440 g/mol. The zero-order chi connectivity index (χ0) is 22.4.